The second-order valence-electron chi connectivity index (χ2n) is 7.95. The maximum atomic E-state index is 14.9. The number of benzene rings is 2. The fourth-order valence-electron chi connectivity index (χ4n) is 3.49. The molecule has 2 aromatic heterocycles. The van der Waals surface area contributed by atoms with E-state index in [-0.39, 0.29) is 17.2 Å². The Labute approximate surface area is 193 Å². The van der Waals surface area contributed by atoms with E-state index in [4.69, 9.17) is 11.6 Å². The van der Waals surface area contributed by atoms with Gasteiger partial charge in [0.2, 0.25) is 0 Å². The molecule has 0 saturated carbocycles. The second kappa shape index (κ2) is 8.97. The zero-order valence-electron chi connectivity index (χ0n) is 17.9. The van der Waals surface area contributed by atoms with Gasteiger partial charge in [0.25, 0.3) is 0 Å². The highest BCUT2D eigenvalue weighted by molar-refractivity contribution is 6.34. The van der Waals surface area contributed by atoms with Gasteiger partial charge < -0.3 is 15.5 Å². The minimum Gasteiger partial charge on any atom is -0.393 e. The van der Waals surface area contributed by atoms with Crippen LogP contribution in [0.5, 0.6) is 0 Å². The highest BCUT2D eigenvalue weighted by Gasteiger charge is 2.25. The predicted molar refractivity (Wildman–Crippen MR) is 123 cm³/mol. The van der Waals surface area contributed by atoms with Gasteiger partial charge in [0, 0.05) is 46.7 Å². The molecule has 2 heterocycles. The van der Waals surface area contributed by atoms with Crippen molar-refractivity contribution in [1.82, 2.24) is 15.0 Å². The van der Waals surface area contributed by atoms with Gasteiger partial charge in [0.05, 0.1) is 28.9 Å². The molecule has 0 aliphatic rings. The fraction of sp³-hybridized carbons (Fsp3) is 0.208. The molecule has 4 rings (SSSR count). The number of pyridine rings is 1. The van der Waals surface area contributed by atoms with Crippen molar-refractivity contribution in [3.05, 3.63) is 83.0 Å². The average Bonchev–Trinajstić information content (AvgIpc) is 2.81. The summed E-state index contributed by atoms with van der Waals surface area (Å²) in [7, 11) is 0. The van der Waals surface area contributed by atoms with Gasteiger partial charge in [0.1, 0.15) is 17.2 Å². The van der Waals surface area contributed by atoms with Gasteiger partial charge in [-0.3, -0.25) is 4.98 Å². The minimum atomic E-state index is -1.61. The zero-order valence-corrected chi connectivity index (χ0v) is 18.6. The van der Waals surface area contributed by atoms with Crippen molar-refractivity contribution in [2.24, 2.45) is 0 Å². The number of hydrogen-bond acceptors (Lipinski definition) is 6. The van der Waals surface area contributed by atoms with Gasteiger partial charge in [-0.25, -0.2) is 18.7 Å². The van der Waals surface area contributed by atoms with Crippen molar-refractivity contribution < 1.29 is 19.0 Å². The molecule has 0 fully saturated rings. The summed E-state index contributed by atoms with van der Waals surface area (Å²) < 4.78 is 29.2. The number of rotatable bonds is 6. The van der Waals surface area contributed by atoms with Crippen LogP contribution in [0.15, 0.2) is 55.0 Å². The Morgan fingerprint density at radius 1 is 1.06 bits per heavy atom. The summed E-state index contributed by atoms with van der Waals surface area (Å²) in [6, 6.07) is 8.84. The van der Waals surface area contributed by atoms with Crippen molar-refractivity contribution in [1.29, 1.82) is 0 Å². The number of nitrogens with zero attached hydrogens (tertiary/aromatic N) is 3. The van der Waals surface area contributed by atoms with Gasteiger partial charge in [0.15, 0.2) is 5.82 Å². The van der Waals surface area contributed by atoms with E-state index >= 15 is 0 Å². The predicted octanol–water partition coefficient (Wildman–Crippen LogP) is 5.00. The number of aromatic nitrogens is 3. The van der Waals surface area contributed by atoms with Crippen LogP contribution in [-0.2, 0) is 5.60 Å². The van der Waals surface area contributed by atoms with Gasteiger partial charge in [-0.05, 0) is 26.0 Å². The van der Waals surface area contributed by atoms with E-state index in [1.165, 1.54) is 37.6 Å². The van der Waals surface area contributed by atoms with Gasteiger partial charge >= 0.3 is 0 Å². The van der Waals surface area contributed by atoms with Crippen LogP contribution in [0.4, 0.5) is 14.5 Å². The highest BCUT2D eigenvalue weighted by Crippen LogP contribution is 2.36. The van der Waals surface area contributed by atoms with E-state index in [0.717, 1.165) is 0 Å². The molecule has 0 radical (unpaired) electrons. The molecule has 170 valence electrons. The smallest absolute Gasteiger partial charge is 0.162 e. The van der Waals surface area contributed by atoms with Crippen LogP contribution >= 0.6 is 11.6 Å². The lowest BCUT2D eigenvalue weighted by molar-refractivity contribution is -0.00969. The molecule has 4 aromatic rings. The van der Waals surface area contributed by atoms with Gasteiger partial charge in [-0.1, -0.05) is 29.8 Å². The number of halogens is 3. The van der Waals surface area contributed by atoms with Crippen LogP contribution in [0.3, 0.4) is 0 Å². The molecule has 9 heteroatoms. The lowest BCUT2D eigenvalue weighted by Crippen LogP contribution is -2.28. The Kier molecular flexibility index (Phi) is 6.25. The molecule has 0 amide bonds. The second-order valence-corrected chi connectivity index (χ2v) is 8.35. The molecule has 2 atom stereocenters. The number of hydrogen-bond donors (Lipinski definition) is 3. The van der Waals surface area contributed by atoms with Gasteiger partial charge in [-0.2, -0.15) is 0 Å². The topological polar surface area (TPSA) is 91.2 Å². The summed E-state index contributed by atoms with van der Waals surface area (Å²) in [5.74, 6) is -0.883. The molecule has 2 aromatic carbocycles. The average molecular weight is 471 g/mol. The number of anilines is 1. The van der Waals surface area contributed by atoms with Crippen molar-refractivity contribution in [3.63, 3.8) is 0 Å². The van der Waals surface area contributed by atoms with Crippen LogP contribution in [0.25, 0.3) is 22.0 Å². The lowest BCUT2D eigenvalue weighted by Gasteiger charge is -2.20. The summed E-state index contributed by atoms with van der Waals surface area (Å²) in [5, 5.41) is 23.4. The Bertz CT molecular complexity index is 1320. The summed E-state index contributed by atoms with van der Waals surface area (Å²) in [4.78, 5) is 12.4. The number of aliphatic hydroxyl groups excluding tert-OH is 1. The van der Waals surface area contributed by atoms with E-state index in [0.29, 0.717) is 32.7 Å². The fourth-order valence-corrected chi connectivity index (χ4v) is 3.70. The standard InChI is InChI=1S/C24H21ClF2N4O2/c1-13(15-5-3-4-6-19(15)26)31-22-17-7-16(20(27)8-21(17)28-11-18(22)25)14-9-29-23(30-10-14)24(2,33)12-32/h3-11,13,32-33H,12H2,1-2H3,(H,28,31). The molecule has 2 unspecified atom stereocenters. The molecule has 0 saturated heterocycles. The molecular formula is C24H21ClF2N4O2. The Morgan fingerprint density at radius 2 is 1.76 bits per heavy atom. The van der Waals surface area contributed by atoms with Crippen LogP contribution < -0.4 is 5.32 Å². The normalized spacial score (nSPS) is 14.2. The Balaban J connectivity index is 1.78. The van der Waals surface area contributed by atoms with Crippen LogP contribution in [0.1, 0.15) is 31.3 Å². The Hall–Kier alpha value is -3.20. The van der Waals surface area contributed by atoms with E-state index in [1.807, 2.05) is 0 Å². The molecule has 3 N–H and O–H groups in total. The highest BCUT2D eigenvalue weighted by atomic mass is 35.5. The third-order valence-corrected chi connectivity index (χ3v) is 5.68. The summed E-state index contributed by atoms with van der Waals surface area (Å²) in [6.07, 6.45) is 4.14. The number of nitrogens with one attached hydrogen (secondary N) is 1. The molecule has 33 heavy (non-hydrogen) atoms. The van der Waals surface area contributed by atoms with Crippen LogP contribution in [0.2, 0.25) is 5.02 Å². The van der Waals surface area contributed by atoms with Crippen molar-refractivity contribution in [2.75, 3.05) is 11.9 Å². The van der Waals surface area contributed by atoms with Crippen molar-refractivity contribution >= 4 is 28.2 Å². The third-order valence-electron chi connectivity index (χ3n) is 5.40. The van der Waals surface area contributed by atoms with Crippen LogP contribution in [0, 0.1) is 11.6 Å². The molecule has 0 aliphatic heterocycles. The first-order chi connectivity index (χ1) is 15.7. The maximum Gasteiger partial charge on any atom is 0.162 e. The number of aliphatic hydroxyl groups is 2. The first kappa shape index (κ1) is 23.0. The molecule has 0 aliphatic carbocycles. The summed E-state index contributed by atoms with van der Waals surface area (Å²) in [5.41, 5.74) is 0.255. The van der Waals surface area contributed by atoms with Gasteiger partial charge in [-0.15, -0.1) is 0 Å². The lowest BCUT2D eigenvalue weighted by atomic mass is 10.0. The van der Waals surface area contributed by atoms with E-state index < -0.39 is 24.1 Å². The first-order valence-electron chi connectivity index (χ1n) is 10.2. The maximum absolute atomic E-state index is 14.9. The third kappa shape index (κ3) is 4.50. The SMILES string of the molecule is CC(Nc1c(Cl)cnc2cc(F)c(-c3cnc(C(C)(O)CO)nc3)cc12)c1ccccc1F. The van der Waals surface area contributed by atoms with Crippen molar-refractivity contribution in [3.8, 4) is 11.1 Å². The van der Waals surface area contributed by atoms with E-state index in [1.54, 1.807) is 31.2 Å². The minimum absolute atomic E-state index is 0.0146. The largest absolute Gasteiger partial charge is 0.393 e. The quantitative estimate of drug-likeness (QED) is 0.367. The molecular weight excluding hydrogens is 450 g/mol. The summed E-state index contributed by atoms with van der Waals surface area (Å²) >= 11 is 6.41. The first-order valence-corrected chi connectivity index (χ1v) is 10.5. The van der Waals surface area contributed by atoms with E-state index in [2.05, 4.69) is 20.3 Å². The zero-order chi connectivity index (χ0) is 23.8. The Morgan fingerprint density at radius 3 is 2.42 bits per heavy atom. The summed E-state index contributed by atoms with van der Waals surface area (Å²) in [6.45, 7) is 2.61. The van der Waals surface area contributed by atoms with E-state index in [9.17, 15) is 19.0 Å². The molecule has 6 nitrogen and oxygen atoms in total. The van der Waals surface area contributed by atoms with Crippen LogP contribution in [-0.4, -0.2) is 31.8 Å². The molecule has 0 bridgehead atoms. The monoisotopic (exact) mass is 470 g/mol. The molecule has 0 spiro atoms. The number of fused-ring (bicyclic) bond motifs is 1. The van der Waals surface area contributed by atoms with Crippen molar-refractivity contribution in [2.45, 2.75) is 25.5 Å².